The number of nitrogens with two attached hydrogens (primary N) is 1. The third-order valence-corrected chi connectivity index (χ3v) is 3.51. The number of anilines is 3. The minimum absolute atomic E-state index is 0.195. The van der Waals surface area contributed by atoms with E-state index in [4.69, 9.17) is 5.73 Å². The number of hydrogen-bond acceptors (Lipinski definition) is 7. The highest BCUT2D eigenvalue weighted by Gasteiger charge is 2.26. The van der Waals surface area contributed by atoms with Crippen molar-refractivity contribution < 1.29 is 5.11 Å². The van der Waals surface area contributed by atoms with Gasteiger partial charge in [0.1, 0.15) is 0 Å². The van der Waals surface area contributed by atoms with Crippen LogP contribution in [0.15, 0.2) is 0 Å². The van der Waals surface area contributed by atoms with Crippen molar-refractivity contribution in [1.82, 2.24) is 15.0 Å². The Balaban J connectivity index is 2.21. The van der Waals surface area contributed by atoms with Crippen LogP contribution >= 0.6 is 0 Å². The van der Waals surface area contributed by atoms with Gasteiger partial charge in [-0.1, -0.05) is 0 Å². The first-order valence-electron chi connectivity index (χ1n) is 6.61. The molecule has 1 atom stereocenters. The van der Waals surface area contributed by atoms with Gasteiger partial charge in [0.05, 0.1) is 11.6 Å². The molecular weight excluding hydrogens is 244 g/mol. The second-order valence-corrected chi connectivity index (χ2v) is 5.53. The van der Waals surface area contributed by atoms with E-state index in [1.54, 1.807) is 6.92 Å². The Morgan fingerprint density at radius 3 is 2.47 bits per heavy atom. The number of aliphatic hydroxyl groups is 1. The van der Waals surface area contributed by atoms with Crippen molar-refractivity contribution in [2.45, 2.75) is 45.3 Å². The highest BCUT2D eigenvalue weighted by molar-refractivity contribution is 5.43. The molecular formula is C12H22N6O. The predicted molar refractivity (Wildman–Crippen MR) is 75.1 cm³/mol. The van der Waals surface area contributed by atoms with Crippen molar-refractivity contribution in [3.05, 3.63) is 0 Å². The molecule has 0 amide bonds. The maximum atomic E-state index is 9.72. The van der Waals surface area contributed by atoms with Gasteiger partial charge in [0.25, 0.3) is 0 Å². The highest BCUT2D eigenvalue weighted by Crippen LogP contribution is 2.20. The van der Waals surface area contributed by atoms with Gasteiger partial charge in [-0.15, -0.1) is 0 Å². The summed E-state index contributed by atoms with van der Waals surface area (Å²) >= 11 is 0. The number of hydrogen-bond donors (Lipinski definition) is 3. The number of aliphatic hydroxyl groups excluding tert-OH is 1. The van der Waals surface area contributed by atoms with Crippen molar-refractivity contribution in [2.75, 3.05) is 29.0 Å². The number of rotatable bonds is 4. The van der Waals surface area contributed by atoms with Gasteiger partial charge in [0.2, 0.25) is 17.8 Å². The molecule has 4 N–H and O–H groups in total. The number of nitrogen functional groups attached to an aromatic ring is 1. The average molecular weight is 266 g/mol. The molecule has 0 aliphatic carbocycles. The summed E-state index contributed by atoms with van der Waals surface area (Å²) in [6.07, 6.45) is 1.75. The van der Waals surface area contributed by atoms with E-state index in [-0.39, 0.29) is 5.95 Å². The predicted octanol–water partition coefficient (Wildman–Crippen LogP) is 0.625. The molecule has 0 saturated carbocycles. The van der Waals surface area contributed by atoms with Crippen molar-refractivity contribution in [1.29, 1.82) is 0 Å². The van der Waals surface area contributed by atoms with E-state index in [1.807, 2.05) is 13.8 Å². The van der Waals surface area contributed by atoms with Crippen LogP contribution in [0.2, 0.25) is 0 Å². The van der Waals surface area contributed by atoms with Gasteiger partial charge in [-0.3, -0.25) is 0 Å². The van der Waals surface area contributed by atoms with Crippen LogP contribution in [-0.4, -0.2) is 44.8 Å². The average Bonchev–Trinajstić information content (AvgIpc) is 2.80. The zero-order chi connectivity index (χ0) is 14.0. The SMILES string of the molecule is CC(O)C(C)(C)Nc1nc(N)nc(N2CCCC2)n1. The molecule has 2 heterocycles. The van der Waals surface area contributed by atoms with Crippen LogP contribution in [0.1, 0.15) is 33.6 Å². The number of nitrogens with zero attached hydrogens (tertiary/aromatic N) is 4. The van der Waals surface area contributed by atoms with E-state index >= 15 is 0 Å². The molecule has 0 aromatic carbocycles. The first-order valence-corrected chi connectivity index (χ1v) is 6.61. The first kappa shape index (κ1) is 13.8. The molecule has 7 nitrogen and oxygen atoms in total. The van der Waals surface area contributed by atoms with Crippen LogP contribution in [0.3, 0.4) is 0 Å². The first-order chi connectivity index (χ1) is 8.88. The van der Waals surface area contributed by atoms with Gasteiger partial charge in [0.15, 0.2) is 0 Å². The topological polar surface area (TPSA) is 100 Å². The summed E-state index contributed by atoms with van der Waals surface area (Å²) in [5, 5.41) is 12.8. The molecule has 106 valence electrons. The lowest BCUT2D eigenvalue weighted by molar-refractivity contribution is 0.132. The van der Waals surface area contributed by atoms with E-state index < -0.39 is 11.6 Å². The van der Waals surface area contributed by atoms with Crippen LogP contribution in [0.4, 0.5) is 17.8 Å². The Hall–Kier alpha value is -1.63. The second-order valence-electron chi connectivity index (χ2n) is 5.53. The van der Waals surface area contributed by atoms with Gasteiger partial charge in [-0.25, -0.2) is 0 Å². The fourth-order valence-corrected chi connectivity index (χ4v) is 1.89. The molecule has 1 aromatic rings. The third kappa shape index (κ3) is 3.23. The van der Waals surface area contributed by atoms with Gasteiger partial charge < -0.3 is 21.1 Å². The molecule has 1 fully saturated rings. The zero-order valence-electron chi connectivity index (χ0n) is 11.7. The summed E-state index contributed by atoms with van der Waals surface area (Å²) in [5.41, 5.74) is 5.20. The van der Waals surface area contributed by atoms with Crippen molar-refractivity contribution in [3.8, 4) is 0 Å². The minimum atomic E-state index is -0.541. The maximum Gasteiger partial charge on any atom is 0.231 e. The summed E-state index contributed by atoms with van der Waals surface area (Å²) in [4.78, 5) is 14.7. The fraction of sp³-hybridized carbons (Fsp3) is 0.750. The summed E-state index contributed by atoms with van der Waals surface area (Å²) < 4.78 is 0. The maximum absolute atomic E-state index is 9.72. The van der Waals surface area contributed by atoms with E-state index in [0.717, 1.165) is 25.9 Å². The molecule has 1 saturated heterocycles. The highest BCUT2D eigenvalue weighted by atomic mass is 16.3. The van der Waals surface area contributed by atoms with E-state index in [9.17, 15) is 5.11 Å². The summed E-state index contributed by atoms with van der Waals surface area (Å²) in [5.74, 6) is 1.20. The normalized spacial score (nSPS) is 17.6. The lowest BCUT2D eigenvalue weighted by Crippen LogP contribution is -2.42. The largest absolute Gasteiger partial charge is 0.391 e. The van der Waals surface area contributed by atoms with E-state index in [2.05, 4.69) is 25.2 Å². The summed E-state index contributed by atoms with van der Waals surface area (Å²) in [7, 11) is 0. The van der Waals surface area contributed by atoms with E-state index in [0.29, 0.717) is 11.9 Å². The Morgan fingerprint density at radius 1 is 1.26 bits per heavy atom. The molecule has 0 bridgehead atoms. The molecule has 0 radical (unpaired) electrons. The van der Waals surface area contributed by atoms with Crippen LogP contribution < -0.4 is 16.0 Å². The van der Waals surface area contributed by atoms with Crippen LogP contribution in [0, 0.1) is 0 Å². The Morgan fingerprint density at radius 2 is 1.89 bits per heavy atom. The monoisotopic (exact) mass is 266 g/mol. The van der Waals surface area contributed by atoms with Crippen molar-refractivity contribution in [3.63, 3.8) is 0 Å². The van der Waals surface area contributed by atoms with Gasteiger partial charge in [-0.2, -0.15) is 15.0 Å². The molecule has 1 aliphatic rings. The molecule has 1 aromatic heterocycles. The van der Waals surface area contributed by atoms with E-state index in [1.165, 1.54) is 0 Å². The Bertz CT molecular complexity index is 442. The minimum Gasteiger partial charge on any atom is -0.391 e. The fourth-order valence-electron chi connectivity index (χ4n) is 1.89. The molecule has 7 heteroatoms. The van der Waals surface area contributed by atoms with Gasteiger partial charge in [-0.05, 0) is 33.6 Å². The van der Waals surface area contributed by atoms with Crippen LogP contribution in [0.5, 0.6) is 0 Å². The van der Waals surface area contributed by atoms with Gasteiger partial charge >= 0.3 is 0 Å². The Kier molecular flexibility index (Phi) is 3.75. The smallest absolute Gasteiger partial charge is 0.231 e. The van der Waals surface area contributed by atoms with Crippen LogP contribution in [0.25, 0.3) is 0 Å². The summed E-state index contributed by atoms with van der Waals surface area (Å²) in [6, 6.07) is 0. The van der Waals surface area contributed by atoms with Crippen molar-refractivity contribution >= 4 is 17.8 Å². The number of nitrogens with one attached hydrogen (secondary N) is 1. The molecule has 1 unspecified atom stereocenters. The lowest BCUT2D eigenvalue weighted by atomic mass is 9.99. The zero-order valence-corrected chi connectivity index (χ0v) is 11.7. The second kappa shape index (κ2) is 5.16. The summed E-state index contributed by atoms with van der Waals surface area (Å²) in [6.45, 7) is 7.38. The quantitative estimate of drug-likeness (QED) is 0.734. The lowest BCUT2D eigenvalue weighted by Gasteiger charge is -2.29. The number of aromatic nitrogens is 3. The Labute approximate surface area is 113 Å². The molecule has 1 aliphatic heterocycles. The molecule has 2 rings (SSSR count). The standard InChI is InChI=1S/C12H22N6O/c1-8(19)12(2,3)17-10-14-9(13)15-11(16-10)18-6-4-5-7-18/h8,19H,4-7H2,1-3H3,(H3,13,14,15,16,17). The third-order valence-electron chi connectivity index (χ3n) is 3.51. The van der Waals surface area contributed by atoms with Gasteiger partial charge in [0, 0.05) is 13.1 Å². The molecule has 0 spiro atoms. The molecule has 19 heavy (non-hydrogen) atoms. The van der Waals surface area contributed by atoms with Crippen LogP contribution in [-0.2, 0) is 0 Å². The van der Waals surface area contributed by atoms with Crippen molar-refractivity contribution in [2.24, 2.45) is 0 Å².